The van der Waals surface area contributed by atoms with E-state index in [0.717, 1.165) is 16.3 Å². The minimum Gasteiger partial charge on any atom is -0.398 e. The molecule has 0 saturated carbocycles. The highest BCUT2D eigenvalue weighted by molar-refractivity contribution is 9.10. The van der Waals surface area contributed by atoms with E-state index < -0.39 is 0 Å². The van der Waals surface area contributed by atoms with Crippen molar-refractivity contribution in [2.45, 2.75) is 6.42 Å². The van der Waals surface area contributed by atoms with Crippen molar-refractivity contribution in [2.24, 2.45) is 0 Å². The maximum atomic E-state index is 9.99. The summed E-state index contributed by atoms with van der Waals surface area (Å²) < 4.78 is 0.922. The van der Waals surface area contributed by atoms with Gasteiger partial charge in [-0.15, -0.1) is 0 Å². The molecule has 2 nitrogen and oxygen atoms in total. The van der Waals surface area contributed by atoms with Gasteiger partial charge in [0.15, 0.2) is 0 Å². The highest BCUT2D eigenvalue weighted by Gasteiger charge is 1.94. The Morgan fingerprint density at radius 2 is 2.31 bits per heavy atom. The summed E-state index contributed by atoms with van der Waals surface area (Å²) in [6.45, 7) is 0. The van der Waals surface area contributed by atoms with Crippen LogP contribution in [0.4, 0.5) is 5.69 Å². The van der Waals surface area contributed by atoms with E-state index in [1.807, 2.05) is 12.1 Å². The van der Waals surface area contributed by atoms with Crippen LogP contribution in [0.15, 0.2) is 22.7 Å². The molecule has 2 N–H and O–H groups in total. The second kappa shape index (κ2) is 4.68. The van der Waals surface area contributed by atoms with Crippen molar-refractivity contribution in [1.82, 2.24) is 0 Å². The molecule has 0 bridgehead atoms. The standard InChI is InChI=1S/C10H8BrNO/c11-9-5-4-8(10(12)7-9)3-1-2-6-13/h4-7H,2,12H2. The van der Waals surface area contributed by atoms with Crippen molar-refractivity contribution in [3.05, 3.63) is 28.2 Å². The van der Waals surface area contributed by atoms with Crippen LogP contribution in [0.3, 0.4) is 0 Å². The topological polar surface area (TPSA) is 43.1 Å². The molecule has 66 valence electrons. The minimum atomic E-state index is 0.246. The second-order valence-corrected chi connectivity index (χ2v) is 3.32. The lowest BCUT2D eigenvalue weighted by molar-refractivity contribution is -0.107. The van der Waals surface area contributed by atoms with Gasteiger partial charge in [-0.1, -0.05) is 27.8 Å². The molecule has 0 aromatic heterocycles. The van der Waals surface area contributed by atoms with Gasteiger partial charge in [0, 0.05) is 15.7 Å². The van der Waals surface area contributed by atoms with Crippen LogP contribution in [0.5, 0.6) is 0 Å². The number of hydrogen-bond donors (Lipinski definition) is 1. The van der Waals surface area contributed by atoms with Gasteiger partial charge in [-0.25, -0.2) is 0 Å². The highest BCUT2D eigenvalue weighted by Crippen LogP contribution is 2.17. The lowest BCUT2D eigenvalue weighted by Crippen LogP contribution is -1.89. The first-order valence-electron chi connectivity index (χ1n) is 3.71. The van der Waals surface area contributed by atoms with Gasteiger partial charge in [0.1, 0.15) is 6.29 Å². The number of nitrogens with two attached hydrogens (primary N) is 1. The Hall–Kier alpha value is -1.27. The van der Waals surface area contributed by atoms with Crippen molar-refractivity contribution in [3.63, 3.8) is 0 Å². The van der Waals surface area contributed by atoms with Crippen LogP contribution in [-0.4, -0.2) is 6.29 Å². The largest absolute Gasteiger partial charge is 0.398 e. The molecule has 0 fully saturated rings. The van der Waals surface area contributed by atoms with Gasteiger partial charge in [-0.3, -0.25) is 0 Å². The number of benzene rings is 1. The fourth-order valence-corrected chi connectivity index (χ4v) is 1.21. The van der Waals surface area contributed by atoms with Crippen LogP contribution >= 0.6 is 15.9 Å². The summed E-state index contributed by atoms with van der Waals surface area (Å²) in [7, 11) is 0. The Morgan fingerprint density at radius 1 is 1.54 bits per heavy atom. The fraction of sp³-hybridized carbons (Fsp3) is 0.100. The average molecular weight is 238 g/mol. The van der Waals surface area contributed by atoms with Gasteiger partial charge in [0.05, 0.1) is 6.42 Å². The molecule has 0 spiro atoms. The predicted molar refractivity (Wildman–Crippen MR) is 56.1 cm³/mol. The molecule has 0 aliphatic heterocycles. The Bertz CT molecular complexity index is 376. The molecular formula is C10H8BrNO. The molecule has 0 amide bonds. The zero-order valence-electron chi connectivity index (χ0n) is 6.88. The van der Waals surface area contributed by atoms with E-state index in [-0.39, 0.29) is 6.42 Å². The summed E-state index contributed by atoms with van der Waals surface area (Å²) in [5.74, 6) is 5.51. The number of anilines is 1. The normalized spacial score (nSPS) is 8.69. The van der Waals surface area contributed by atoms with Crippen LogP contribution in [0, 0.1) is 11.8 Å². The summed E-state index contributed by atoms with van der Waals surface area (Å²) in [5.41, 5.74) is 7.06. The van der Waals surface area contributed by atoms with E-state index >= 15 is 0 Å². The van der Waals surface area contributed by atoms with E-state index in [1.165, 1.54) is 0 Å². The molecule has 0 atom stereocenters. The number of rotatable bonds is 1. The van der Waals surface area contributed by atoms with Crippen molar-refractivity contribution in [3.8, 4) is 11.8 Å². The number of carbonyl (C=O) groups is 1. The Morgan fingerprint density at radius 3 is 2.92 bits per heavy atom. The van der Waals surface area contributed by atoms with Crippen LogP contribution in [0.25, 0.3) is 0 Å². The van der Waals surface area contributed by atoms with Crippen molar-refractivity contribution in [2.75, 3.05) is 5.73 Å². The first-order valence-corrected chi connectivity index (χ1v) is 4.51. The zero-order chi connectivity index (χ0) is 9.68. The summed E-state index contributed by atoms with van der Waals surface area (Å²) in [6, 6.07) is 5.46. The summed E-state index contributed by atoms with van der Waals surface area (Å²) in [4.78, 5) is 9.99. The van der Waals surface area contributed by atoms with Crippen molar-refractivity contribution in [1.29, 1.82) is 0 Å². The molecule has 1 aromatic carbocycles. The molecule has 0 saturated heterocycles. The van der Waals surface area contributed by atoms with E-state index in [9.17, 15) is 4.79 Å². The first kappa shape index (κ1) is 9.82. The molecule has 1 aromatic rings. The van der Waals surface area contributed by atoms with Crippen LogP contribution in [-0.2, 0) is 4.79 Å². The van der Waals surface area contributed by atoms with Gasteiger partial charge in [0.25, 0.3) is 0 Å². The Balaban J connectivity index is 2.91. The van der Waals surface area contributed by atoms with Crippen molar-refractivity contribution < 1.29 is 4.79 Å². The van der Waals surface area contributed by atoms with Crippen LogP contribution in [0.2, 0.25) is 0 Å². The molecular weight excluding hydrogens is 230 g/mol. The molecule has 0 aliphatic rings. The van der Waals surface area contributed by atoms with Crippen LogP contribution in [0.1, 0.15) is 12.0 Å². The lowest BCUT2D eigenvalue weighted by atomic mass is 10.2. The van der Waals surface area contributed by atoms with E-state index in [1.54, 1.807) is 6.07 Å². The fourth-order valence-electron chi connectivity index (χ4n) is 0.835. The smallest absolute Gasteiger partial charge is 0.131 e. The number of aldehydes is 1. The first-order chi connectivity index (χ1) is 6.24. The summed E-state index contributed by atoms with van der Waals surface area (Å²) in [6.07, 6.45) is 1.01. The van der Waals surface area contributed by atoms with E-state index in [0.29, 0.717) is 5.69 Å². The zero-order valence-corrected chi connectivity index (χ0v) is 8.47. The second-order valence-electron chi connectivity index (χ2n) is 2.40. The molecule has 0 unspecified atom stereocenters. The number of nitrogen functional groups attached to an aromatic ring is 1. The number of carbonyl (C=O) groups excluding carboxylic acids is 1. The van der Waals surface area contributed by atoms with E-state index in [2.05, 4.69) is 27.8 Å². The summed E-state index contributed by atoms with van der Waals surface area (Å²) in [5, 5.41) is 0. The van der Waals surface area contributed by atoms with Crippen LogP contribution < -0.4 is 5.73 Å². The van der Waals surface area contributed by atoms with Gasteiger partial charge < -0.3 is 10.5 Å². The third kappa shape index (κ3) is 2.92. The van der Waals surface area contributed by atoms with E-state index in [4.69, 9.17) is 5.73 Å². The Kier molecular flexibility index (Phi) is 3.53. The number of hydrogen-bond acceptors (Lipinski definition) is 2. The highest BCUT2D eigenvalue weighted by atomic mass is 79.9. The van der Waals surface area contributed by atoms with Gasteiger partial charge >= 0.3 is 0 Å². The predicted octanol–water partition coefficient (Wildman–Crippen LogP) is 1.97. The van der Waals surface area contributed by atoms with Gasteiger partial charge in [-0.05, 0) is 18.2 Å². The molecule has 0 aliphatic carbocycles. The quantitative estimate of drug-likeness (QED) is 0.461. The van der Waals surface area contributed by atoms with Crippen molar-refractivity contribution >= 4 is 27.9 Å². The molecule has 1 rings (SSSR count). The molecule has 13 heavy (non-hydrogen) atoms. The molecule has 3 heteroatoms. The lowest BCUT2D eigenvalue weighted by Gasteiger charge is -1.97. The summed E-state index contributed by atoms with van der Waals surface area (Å²) >= 11 is 3.29. The maximum absolute atomic E-state index is 9.99. The third-order valence-corrected chi connectivity index (χ3v) is 1.92. The molecule has 0 radical (unpaired) electrons. The third-order valence-electron chi connectivity index (χ3n) is 1.42. The average Bonchev–Trinajstić information content (AvgIpc) is 2.09. The monoisotopic (exact) mass is 237 g/mol. The maximum Gasteiger partial charge on any atom is 0.131 e. The van der Waals surface area contributed by atoms with Gasteiger partial charge in [0.2, 0.25) is 0 Å². The Labute approximate surface area is 85.3 Å². The SMILES string of the molecule is Nc1cc(Br)ccc1C#CCC=O. The van der Waals surface area contributed by atoms with Gasteiger partial charge in [-0.2, -0.15) is 0 Å². The number of halogens is 1. The molecule has 0 heterocycles. The minimum absolute atomic E-state index is 0.246.